The van der Waals surface area contributed by atoms with E-state index in [0.717, 1.165) is 18.4 Å². The number of amides is 2. The summed E-state index contributed by atoms with van der Waals surface area (Å²) in [7, 11) is 0. The molecule has 0 radical (unpaired) electrons. The van der Waals surface area contributed by atoms with E-state index < -0.39 is 11.7 Å². The summed E-state index contributed by atoms with van der Waals surface area (Å²) in [5, 5.41) is 2.71. The molecule has 146 valence electrons. The quantitative estimate of drug-likeness (QED) is 0.881. The number of carbonyl (C=O) groups excluding carboxylic acids is 2. The fourth-order valence-corrected chi connectivity index (χ4v) is 3.81. The minimum Gasteiger partial charge on any atom is -0.373 e. The van der Waals surface area contributed by atoms with Gasteiger partial charge in [0.25, 0.3) is 0 Å². The van der Waals surface area contributed by atoms with Gasteiger partial charge in [-0.05, 0) is 48.2 Å². The second-order valence-electron chi connectivity index (χ2n) is 7.23. The maximum absolute atomic E-state index is 13.7. The van der Waals surface area contributed by atoms with E-state index in [9.17, 15) is 14.0 Å². The molecule has 2 amide bonds. The highest BCUT2D eigenvalue weighted by Crippen LogP contribution is 2.34. The molecule has 4 rings (SSSR count). The molecule has 2 aliphatic rings. The second-order valence-corrected chi connectivity index (χ2v) is 7.23. The van der Waals surface area contributed by atoms with Crippen molar-refractivity contribution in [3.8, 4) is 0 Å². The van der Waals surface area contributed by atoms with Gasteiger partial charge in [0.2, 0.25) is 11.8 Å². The van der Waals surface area contributed by atoms with Crippen LogP contribution < -0.4 is 5.32 Å². The van der Waals surface area contributed by atoms with Crippen LogP contribution in [-0.4, -0.2) is 40.9 Å². The van der Waals surface area contributed by atoms with Gasteiger partial charge in [0.05, 0.1) is 18.6 Å². The Balaban J connectivity index is 1.37. The average molecular weight is 383 g/mol. The van der Waals surface area contributed by atoms with Crippen molar-refractivity contribution in [3.63, 3.8) is 0 Å². The summed E-state index contributed by atoms with van der Waals surface area (Å²) in [6.07, 6.45) is 5.12. The normalized spacial score (nSPS) is 19.8. The van der Waals surface area contributed by atoms with Crippen molar-refractivity contribution >= 4 is 17.5 Å². The summed E-state index contributed by atoms with van der Waals surface area (Å²) in [6, 6.07) is 8.00. The lowest BCUT2D eigenvalue weighted by Gasteiger charge is -2.35. The van der Waals surface area contributed by atoms with Crippen LogP contribution in [0, 0.1) is 5.82 Å². The van der Waals surface area contributed by atoms with E-state index in [1.54, 1.807) is 17.3 Å². The van der Waals surface area contributed by atoms with E-state index in [1.807, 2.05) is 12.1 Å². The van der Waals surface area contributed by atoms with E-state index in [4.69, 9.17) is 4.74 Å². The monoisotopic (exact) mass is 383 g/mol. The van der Waals surface area contributed by atoms with Gasteiger partial charge in [0, 0.05) is 37.6 Å². The summed E-state index contributed by atoms with van der Waals surface area (Å²) in [4.78, 5) is 30.9. The number of nitrogens with zero attached hydrogens (tertiary/aromatic N) is 2. The van der Waals surface area contributed by atoms with E-state index >= 15 is 0 Å². The average Bonchev–Trinajstić information content (AvgIpc) is 2.72. The zero-order valence-electron chi connectivity index (χ0n) is 15.4. The molecule has 1 atom stereocenters. The van der Waals surface area contributed by atoms with Crippen molar-refractivity contribution in [1.82, 2.24) is 9.88 Å². The zero-order valence-corrected chi connectivity index (χ0v) is 15.4. The van der Waals surface area contributed by atoms with E-state index in [0.29, 0.717) is 30.9 Å². The van der Waals surface area contributed by atoms with Crippen molar-refractivity contribution in [2.75, 3.05) is 18.4 Å². The summed E-state index contributed by atoms with van der Waals surface area (Å²) < 4.78 is 19.6. The Morgan fingerprint density at radius 3 is 2.86 bits per heavy atom. The van der Waals surface area contributed by atoms with Crippen molar-refractivity contribution in [1.29, 1.82) is 0 Å². The highest BCUT2D eigenvalue weighted by molar-refractivity contribution is 6.01. The Morgan fingerprint density at radius 2 is 2.11 bits per heavy atom. The van der Waals surface area contributed by atoms with E-state index in [2.05, 4.69) is 10.3 Å². The van der Waals surface area contributed by atoms with Crippen LogP contribution in [0.1, 0.15) is 36.3 Å². The molecule has 2 aliphatic heterocycles. The van der Waals surface area contributed by atoms with Gasteiger partial charge in [0.15, 0.2) is 0 Å². The Morgan fingerprint density at radius 1 is 1.29 bits per heavy atom. The molecule has 6 nitrogen and oxygen atoms in total. The third-order valence-electron chi connectivity index (χ3n) is 5.31. The first kappa shape index (κ1) is 18.6. The number of carbonyl (C=O) groups is 2. The summed E-state index contributed by atoms with van der Waals surface area (Å²) in [6.45, 7) is 1.64. The molecule has 3 heterocycles. The lowest BCUT2D eigenvalue weighted by atomic mass is 9.88. The zero-order chi connectivity index (χ0) is 19.5. The van der Waals surface area contributed by atoms with Crippen LogP contribution in [0.5, 0.6) is 0 Å². The SMILES string of the molecule is O=C1CC(C(=O)N2CCC(OCc3cccnc3)CC2)c2cc(F)ccc2N1. The highest BCUT2D eigenvalue weighted by atomic mass is 19.1. The van der Waals surface area contributed by atoms with Gasteiger partial charge in [-0.1, -0.05) is 6.07 Å². The molecule has 7 heteroatoms. The van der Waals surface area contributed by atoms with E-state index in [1.165, 1.54) is 18.2 Å². The standard InChI is InChI=1S/C21H22FN3O3/c22-15-3-4-19-17(10-15)18(11-20(26)24-19)21(27)25-8-5-16(6-9-25)28-13-14-2-1-7-23-12-14/h1-4,7,10,12,16,18H,5-6,8-9,11,13H2,(H,24,26). The predicted molar refractivity (Wildman–Crippen MR) is 101 cm³/mol. The Kier molecular flexibility index (Phi) is 5.34. The number of ether oxygens (including phenoxy) is 1. The molecule has 0 aliphatic carbocycles. The highest BCUT2D eigenvalue weighted by Gasteiger charge is 2.35. The van der Waals surface area contributed by atoms with Crippen molar-refractivity contribution in [3.05, 3.63) is 59.7 Å². The number of aromatic nitrogens is 1. The first-order valence-electron chi connectivity index (χ1n) is 9.49. The van der Waals surface area contributed by atoms with Gasteiger partial charge in [-0.3, -0.25) is 14.6 Å². The topological polar surface area (TPSA) is 71.5 Å². The Labute approximate surface area is 162 Å². The molecule has 1 unspecified atom stereocenters. The summed E-state index contributed by atoms with van der Waals surface area (Å²) in [5.74, 6) is -1.37. The number of rotatable bonds is 4. The number of benzene rings is 1. The van der Waals surface area contributed by atoms with Crippen LogP contribution in [0.2, 0.25) is 0 Å². The van der Waals surface area contributed by atoms with Gasteiger partial charge in [-0.15, -0.1) is 0 Å². The number of piperidine rings is 1. The van der Waals surface area contributed by atoms with Gasteiger partial charge in [-0.2, -0.15) is 0 Å². The fourth-order valence-electron chi connectivity index (χ4n) is 3.81. The van der Waals surface area contributed by atoms with Crippen LogP contribution in [0.25, 0.3) is 0 Å². The lowest BCUT2D eigenvalue weighted by Crippen LogP contribution is -2.44. The molecular formula is C21H22FN3O3. The molecule has 1 aromatic carbocycles. The third-order valence-corrected chi connectivity index (χ3v) is 5.31. The van der Waals surface area contributed by atoms with Crippen LogP contribution in [0.15, 0.2) is 42.7 Å². The molecule has 1 saturated heterocycles. The second kappa shape index (κ2) is 8.06. The number of pyridine rings is 1. The van der Waals surface area contributed by atoms with Crippen LogP contribution in [0.4, 0.5) is 10.1 Å². The van der Waals surface area contributed by atoms with Gasteiger partial charge >= 0.3 is 0 Å². The Hall–Kier alpha value is -2.80. The molecule has 2 aromatic rings. The van der Waals surface area contributed by atoms with Crippen molar-refractivity contribution < 1.29 is 18.7 Å². The predicted octanol–water partition coefficient (Wildman–Crippen LogP) is 2.85. The maximum atomic E-state index is 13.7. The molecule has 0 saturated carbocycles. The smallest absolute Gasteiger partial charge is 0.230 e. The van der Waals surface area contributed by atoms with Crippen LogP contribution in [0.3, 0.4) is 0 Å². The first-order valence-corrected chi connectivity index (χ1v) is 9.49. The summed E-state index contributed by atoms with van der Waals surface area (Å²) >= 11 is 0. The van der Waals surface area contributed by atoms with Gasteiger partial charge in [0.1, 0.15) is 5.82 Å². The number of hydrogen-bond acceptors (Lipinski definition) is 4. The molecule has 1 N–H and O–H groups in total. The maximum Gasteiger partial charge on any atom is 0.230 e. The number of nitrogens with one attached hydrogen (secondary N) is 1. The largest absolute Gasteiger partial charge is 0.373 e. The number of likely N-dealkylation sites (tertiary alicyclic amines) is 1. The number of fused-ring (bicyclic) bond motifs is 1. The minimum absolute atomic E-state index is 0.0483. The first-order chi connectivity index (χ1) is 13.6. The van der Waals surface area contributed by atoms with Crippen molar-refractivity contribution in [2.24, 2.45) is 0 Å². The fraction of sp³-hybridized carbons (Fsp3) is 0.381. The lowest BCUT2D eigenvalue weighted by molar-refractivity contribution is -0.137. The molecule has 0 bridgehead atoms. The molecule has 28 heavy (non-hydrogen) atoms. The minimum atomic E-state index is -0.632. The number of hydrogen-bond donors (Lipinski definition) is 1. The van der Waals surface area contributed by atoms with Crippen LogP contribution in [-0.2, 0) is 20.9 Å². The molecule has 1 aromatic heterocycles. The number of halogens is 1. The van der Waals surface area contributed by atoms with Gasteiger partial charge in [-0.25, -0.2) is 4.39 Å². The summed E-state index contributed by atoms with van der Waals surface area (Å²) in [5.41, 5.74) is 2.10. The molecular weight excluding hydrogens is 361 g/mol. The van der Waals surface area contributed by atoms with Gasteiger partial charge < -0.3 is 15.0 Å². The third kappa shape index (κ3) is 4.04. The van der Waals surface area contributed by atoms with E-state index in [-0.39, 0.29) is 24.3 Å². The Bertz CT molecular complexity index is 866. The number of anilines is 1. The molecule has 1 fully saturated rings. The van der Waals surface area contributed by atoms with Crippen molar-refractivity contribution in [2.45, 2.75) is 37.9 Å². The van der Waals surface area contributed by atoms with Crippen LogP contribution >= 0.6 is 0 Å². The molecule has 0 spiro atoms.